The van der Waals surface area contributed by atoms with Crippen LogP contribution in [0.3, 0.4) is 0 Å². The molecule has 4 fully saturated rings. The van der Waals surface area contributed by atoms with Crippen LogP contribution in [-0.2, 0) is 0 Å². The fourth-order valence-corrected chi connectivity index (χ4v) is 5.36. The van der Waals surface area contributed by atoms with Gasteiger partial charge in [0.25, 0.3) is 0 Å². The van der Waals surface area contributed by atoms with Gasteiger partial charge in [0.05, 0.1) is 0 Å². The number of hydrogen-bond acceptors (Lipinski definition) is 4. The molecular formula is C19H36N4. The topological polar surface area (TPSA) is 13.0 Å². The van der Waals surface area contributed by atoms with E-state index in [0.29, 0.717) is 0 Å². The van der Waals surface area contributed by atoms with Crippen molar-refractivity contribution in [1.29, 1.82) is 0 Å². The third-order valence-corrected chi connectivity index (χ3v) is 6.76. The molecule has 0 unspecified atom stereocenters. The molecule has 0 amide bonds. The molecule has 0 spiro atoms. The molecule has 0 aromatic heterocycles. The second kappa shape index (κ2) is 7.81. The molecule has 4 aliphatic heterocycles. The molecule has 4 saturated heterocycles. The molecule has 0 radical (unpaired) electrons. The highest BCUT2D eigenvalue weighted by Crippen LogP contribution is 2.22. The lowest BCUT2D eigenvalue weighted by molar-refractivity contribution is 0.215. The molecule has 132 valence electrons. The minimum absolute atomic E-state index is 0.879. The van der Waals surface area contributed by atoms with E-state index in [4.69, 9.17) is 0 Å². The standard InChI is InChI=1S/C19H36N4/c1-2-11-22(10-1)18-6-14-20(16-18)8-5-9-21-15-7-19(17-21)23-12-3-4-13-23/h18-19H,1-17H2/t18-,19-/m0/s1. The maximum absolute atomic E-state index is 2.75. The molecule has 23 heavy (non-hydrogen) atoms. The Kier molecular flexibility index (Phi) is 5.54. The first-order valence-electron chi connectivity index (χ1n) is 10.3. The molecule has 4 heterocycles. The van der Waals surface area contributed by atoms with E-state index in [9.17, 15) is 0 Å². The third-order valence-electron chi connectivity index (χ3n) is 6.76. The number of hydrogen-bond donors (Lipinski definition) is 0. The predicted octanol–water partition coefficient (Wildman–Crippen LogP) is 1.72. The summed E-state index contributed by atoms with van der Waals surface area (Å²) >= 11 is 0. The van der Waals surface area contributed by atoms with E-state index in [1.54, 1.807) is 0 Å². The SMILES string of the molecule is C(CN1CC[C@H](N2CCCC2)C1)CN1CC[C@H](N2CCCC2)C1. The van der Waals surface area contributed by atoms with E-state index >= 15 is 0 Å². The van der Waals surface area contributed by atoms with E-state index in [2.05, 4.69) is 19.6 Å². The Labute approximate surface area is 142 Å². The van der Waals surface area contributed by atoms with Crippen LogP contribution in [0.15, 0.2) is 0 Å². The monoisotopic (exact) mass is 320 g/mol. The quantitative estimate of drug-likeness (QED) is 0.739. The van der Waals surface area contributed by atoms with Gasteiger partial charge in [0.2, 0.25) is 0 Å². The number of nitrogens with zero attached hydrogens (tertiary/aromatic N) is 4. The molecule has 0 bridgehead atoms. The van der Waals surface area contributed by atoms with E-state index in [0.717, 1.165) is 12.1 Å². The molecule has 0 aromatic rings. The minimum Gasteiger partial charge on any atom is -0.302 e. The molecule has 0 aromatic carbocycles. The van der Waals surface area contributed by atoms with Crippen molar-refractivity contribution in [3.05, 3.63) is 0 Å². The zero-order chi connectivity index (χ0) is 15.5. The van der Waals surface area contributed by atoms with Crippen molar-refractivity contribution < 1.29 is 0 Å². The molecule has 0 N–H and O–H groups in total. The van der Waals surface area contributed by atoms with Crippen molar-refractivity contribution in [1.82, 2.24) is 19.6 Å². The summed E-state index contributed by atoms with van der Waals surface area (Å²) in [6, 6.07) is 1.76. The van der Waals surface area contributed by atoms with Gasteiger partial charge in [-0.15, -0.1) is 0 Å². The fourth-order valence-electron chi connectivity index (χ4n) is 5.36. The van der Waals surface area contributed by atoms with E-state index < -0.39 is 0 Å². The van der Waals surface area contributed by atoms with Gasteiger partial charge >= 0.3 is 0 Å². The molecule has 2 atom stereocenters. The van der Waals surface area contributed by atoms with Gasteiger partial charge in [-0.1, -0.05) is 0 Å². The molecule has 4 heteroatoms. The van der Waals surface area contributed by atoms with Gasteiger partial charge in [-0.3, -0.25) is 9.80 Å². The average molecular weight is 321 g/mol. The first-order chi connectivity index (χ1) is 11.4. The van der Waals surface area contributed by atoms with Gasteiger partial charge in [-0.2, -0.15) is 0 Å². The van der Waals surface area contributed by atoms with Gasteiger partial charge in [0.1, 0.15) is 0 Å². The molecule has 4 nitrogen and oxygen atoms in total. The Morgan fingerprint density at radius 1 is 0.565 bits per heavy atom. The highest BCUT2D eigenvalue weighted by atomic mass is 15.3. The van der Waals surface area contributed by atoms with Gasteiger partial charge < -0.3 is 9.80 Å². The highest BCUT2D eigenvalue weighted by molar-refractivity contribution is 4.87. The third kappa shape index (κ3) is 4.09. The Bertz CT molecular complexity index is 328. The van der Waals surface area contributed by atoms with Crippen LogP contribution in [-0.4, -0.2) is 97.1 Å². The lowest BCUT2D eigenvalue weighted by Crippen LogP contribution is -2.37. The zero-order valence-electron chi connectivity index (χ0n) is 15.0. The number of likely N-dealkylation sites (tertiary alicyclic amines) is 4. The van der Waals surface area contributed by atoms with Crippen LogP contribution >= 0.6 is 0 Å². The summed E-state index contributed by atoms with van der Waals surface area (Å²) in [5.41, 5.74) is 0. The van der Waals surface area contributed by atoms with Crippen LogP contribution in [0.25, 0.3) is 0 Å². The first kappa shape index (κ1) is 16.3. The van der Waals surface area contributed by atoms with Crippen LogP contribution in [0.5, 0.6) is 0 Å². The predicted molar refractivity (Wildman–Crippen MR) is 95.9 cm³/mol. The van der Waals surface area contributed by atoms with Crippen molar-refractivity contribution in [2.45, 2.75) is 57.0 Å². The maximum atomic E-state index is 2.75. The van der Waals surface area contributed by atoms with E-state index in [1.165, 1.54) is 110 Å². The first-order valence-corrected chi connectivity index (χ1v) is 10.3. The van der Waals surface area contributed by atoms with E-state index in [-0.39, 0.29) is 0 Å². The maximum Gasteiger partial charge on any atom is 0.0235 e. The average Bonchev–Trinajstić information content (AvgIpc) is 3.33. The van der Waals surface area contributed by atoms with Crippen molar-refractivity contribution in [3.8, 4) is 0 Å². The summed E-state index contributed by atoms with van der Waals surface area (Å²) in [6.45, 7) is 13.5. The van der Waals surface area contributed by atoms with Crippen LogP contribution < -0.4 is 0 Å². The van der Waals surface area contributed by atoms with Crippen LogP contribution in [0.2, 0.25) is 0 Å². The Hall–Kier alpha value is -0.160. The van der Waals surface area contributed by atoms with Crippen LogP contribution in [0.1, 0.15) is 44.9 Å². The minimum atomic E-state index is 0.879. The summed E-state index contributed by atoms with van der Waals surface area (Å²) in [5, 5.41) is 0. The normalized spacial score (nSPS) is 35.0. The largest absolute Gasteiger partial charge is 0.302 e. The molecule has 0 aliphatic carbocycles. The molecule has 4 aliphatic rings. The molecule has 4 rings (SSSR count). The van der Waals surface area contributed by atoms with E-state index in [1.807, 2.05) is 0 Å². The van der Waals surface area contributed by atoms with Crippen molar-refractivity contribution in [2.75, 3.05) is 65.4 Å². The van der Waals surface area contributed by atoms with Gasteiger partial charge in [-0.25, -0.2) is 0 Å². The summed E-state index contributed by atoms with van der Waals surface area (Å²) < 4.78 is 0. The zero-order valence-corrected chi connectivity index (χ0v) is 15.0. The molecular weight excluding hydrogens is 284 g/mol. The fraction of sp³-hybridized carbons (Fsp3) is 1.00. The second-order valence-electron chi connectivity index (χ2n) is 8.33. The number of rotatable bonds is 6. The second-order valence-corrected chi connectivity index (χ2v) is 8.33. The van der Waals surface area contributed by atoms with Crippen LogP contribution in [0.4, 0.5) is 0 Å². The smallest absolute Gasteiger partial charge is 0.0235 e. The highest BCUT2D eigenvalue weighted by Gasteiger charge is 2.30. The van der Waals surface area contributed by atoms with Gasteiger partial charge in [0, 0.05) is 25.2 Å². The summed E-state index contributed by atoms with van der Waals surface area (Å²) in [7, 11) is 0. The van der Waals surface area contributed by atoms with Crippen molar-refractivity contribution in [2.24, 2.45) is 0 Å². The lowest BCUT2D eigenvalue weighted by atomic mass is 10.2. The van der Waals surface area contributed by atoms with Crippen LogP contribution in [0, 0.1) is 0 Å². The lowest BCUT2D eigenvalue weighted by Gasteiger charge is -2.25. The molecule has 0 saturated carbocycles. The Morgan fingerprint density at radius 2 is 1.00 bits per heavy atom. The van der Waals surface area contributed by atoms with Crippen molar-refractivity contribution in [3.63, 3.8) is 0 Å². The van der Waals surface area contributed by atoms with Gasteiger partial charge in [-0.05, 0) is 97.3 Å². The van der Waals surface area contributed by atoms with Crippen molar-refractivity contribution >= 4 is 0 Å². The van der Waals surface area contributed by atoms with Gasteiger partial charge in [0.15, 0.2) is 0 Å². The Balaban J connectivity index is 1.11. The summed E-state index contributed by atoms with van der Waals surface area (Å²) in [4.78, 5) is 11.0. The summed E-state index contributed by atoms with van der Waals surface area (Å²) in [6.07, 6.45) is 9.95. The Morgan fingerprint density at radius 3 is 1.43 bits per heavy atom. The summed E-state index contributed by atoms with van der Waals surface area (Å²) in [5.74, 6) is 0.